The fourth-order valence-corrected chi connectivity index (χ4v) is 7.75. The van der Waals surface area contributed by atoms with E-state index in [1.165, 1.54) is 0 Å². The van der Waals surface area contributed by atoms with Crippen molar-refractivity contribution in [3.63, 3.8) is 0 Å². The molecule has 2 amide bonds. The number of halogens is 3. The summed E-state index contributed by atoms with van der Waals surface area (Å²) in [4.78, 5) is 25.1. The summed E-state index contributed by atoms with van der Waals surface area (Å²) in [6.45, 7) is 7.93. The number of rotatable bonds is 4. The first-order valence-electron chi connectivity index (χ1n) is 12.2. The summed E-state index contributed by atoms with van der Waals surface area (Å²) < 4.78 is 39.1. The number of fused-ring (bicyclic) bond motifs is 5. The van der Waals surface area contributed by atoms with Crippen molar-refractivity contribution >= 4 is 11.8 Å². The Balaban J connectivity index is 1.51. The van der Waals surface area contributed by atoms with Crippen LogP contribution in [-0.2, 0) is 9.59 Å². The maximum atomic E-state index is 13.3. The van der Waals surface area contributed by atoms with Gasteiger partial charge >= 0.3 is 6.18 Å². The van der Waals surface area contributed by atoms with Gasteiger partial charge in [0.1, 0.15) is 0 Å². The first-order valence-corrected chi connectivity index (χ1v) is 12.2. The minimum Gasteiger partial charge on any atom is -0.353 e. The highest BCUT2D eigenvalue weighted by molar-refractivity contribution is 5.89. The van der Waals surface area contributed by atoms with Crippen LogP contribution in [0, 0.1) is 40.4 Å². The molecular formula is C25H37F3N2O2. The lowest BCUT2D eigenvalue weighted by Gasteiger charge is -2.58. The number of amides is 2. The minimum absolute atomic E-state index is 0.0114. The third kappa shape index (κ3) is 3.98. The molecule has 3 aliphatic carbocycles. The van der Waals surface area contributed by atoms with Crippen LogP contribution >= 0.6 is 0 Å². The third-order valence-corrected chi connectivity index (χ3v) is 9.59. The summed E-state index contributed by atoms with van der Waals surface area (Å²) in [5.41, 5.74) is -0.232. The van der Waals surface area contributed by atoms with Gasteiger partial charge < -0.3 is 10.6 Å². The Hall–Kier alpha value is -1.53. The van der Waals surface area contributed by atoms with Crippen LogP contribution in [0.4, 0.5) is 13.2 Å². The van der Waals surface area contributed by atoms with Crippen LogP contribution < -0.4 is 10.6 Å². The second kappa shape index (κ2) is 8.05. The second-order valence-electron chi connectivity index (χ2n) is 11.6. The number of carbonyl (C=O) groups excluding carboxylic acids is 2. The molecule has 7 heteroatoms. The van der Waals surface area contributed by atoms with Crippen LogP contribution in [0.25, 0.3) is 0 Å². The lowest BCUT2D eigenvalue weighted by Crippen LogP contribution is -2.59. The van der Waals surface area contributed by atoms with Gasteiger partial charge in [0.25, 0.3) is 0 Å². The Morgan fingerprint density at radius 2 is 1.88 bits per heavy atom. The van der Waals surface area contributed by atoms with Crippen LogP contribution in [0.15, 0.2) is 12.2 Å². The molecular weight excluding hydrogens is 417 g/mol. The van der Waals surface area contributed by atoms with Crippen molar-refractivity contribution in [1.82, 2.24) is 10.6 Å². The lowest BCUT2D eigenvalue weighted by molar-refractivity contribution is -0.147. The molecule has 1 aliphatic heterocycles. The van der Waals surface area contributed by atoms with Crippen LogP contribution in [0.3, 0.4) is 0 Å². The molecule has 0 bridgehead atoms. The lowest BCUT2D eigenvalue weighted by atomic mass is 9.48. The molecule has 3 fully saturated rings. The van der Waals surface area contributed by atoms with E-state index in [-0.39, 0.29) is 40.5 Å². The van der Waals surface area contributed by atoms with Crippen molar-refractivity contribution in [3.05, 3.63) is 12.2 Å². The fourth-order valence-electron chi connectivity index (χ4n) is 7.75. The quantitative estimate of drug-likeness (QED) is 0.629. The van der Waals surface area contributed by atoms with Gasteiger partial charge in [-0.25, -0.2) is 0 Å². The number of hydrogen-bond acceptors (Lipinski definition) is 2. The Morgan fingerprint density at radius 3 is 2.53 bits per heavy atom. The molecule has 180 valence electrons. The van der Waals surface area contributed by atoms with Crippen LogP contribution in [0.5, 0.6) is 0 Å². The summed E-state index contributed by atoms with van der Waals surface area (Å²) in [5, 5.41) is 5.94. The molecule has 3 unspecified atom stereocenters. The predicted molar refractivity (Wildman–Crippen MR) is 116 cm³/mol. The van der Waals surface area contributed by atoms with Gasteiger partial charge in [0.15, 0.2) is 0 Å². The highest BCUT2D eigenvalue weighted by atomic mass is 19.4. The average molecular weight is 455 g/mol. The number of nitrogens with one attached hydrogen (secondary N) is 2. The normalized spacial score (nSPS) is 42.0. The van der Waals surface area contributed by atoms with Gasteiger partial charge in [0.05, 0.1) is 6.42 Å². The molecule has 0 radical (unpaired) electrons. The van der Waals surface area contributed by atoms with Crippen molar-refractivity contribution in [2.45, 2.75) is 90.9 Å². The van der Waals surface area contributed by atoms with Crippen molar-refractivity contribution in [1.29, 1.82) is 0 Å². The maximum Gasteiger partial charge on any atom is 0.391 e. The Morgan fingerprint density at radius 1 is 1.16 bits per heavy atom. The van der Waals surface area contributed by atoms with E-state index in [2.05, 4.69) is 30.6 Å². The Kier molecular flexibility index (Phi) is 5.94. The van der Waals surface area contributed by atoms with Crippen LogP contribution in [0.2, 0.25) is 0 Å². The Labute approximate surface area is 189 Å². The molecule has 0 spiro atoms. The maximum absolute atomic E-state index is 13.3. The molecule has 0 aromatic carbocycles. The summed E-state index contributed by atoms with van der Waals surface area (Å²) in [6, 6.07) is -0.716. The third-order valence-electron chi connectivity index (χ3n) is 9.59. The molecule has 3 saturated carbocycles. The molecule has 8 atom stereocenters. The van der Waals surface area contributed by atoms with Gasteiger partial charge in [0, 0.05) is 23.4 Å². The second-order valence-corrected chi connectivity index (χ2v) is 11.6. The van der Waals surface area contributed by atoms with Crippen molar-refractivity contribution < 1.29 is 22.8 Å². The van der Waals surface area contributed by atoms with E-state index in [0.29, 0.717) is 17.8 Å². The zero-order valence-electron chi connectivity index (χ0n) is 19.6. The molecule has 4 nitrogen and oxygen atoms in total. The van der Waals surface area contributed by atoms with E-state index >= 15 is 0 Å². The highest BCUT2D eigenvalue weighted by Crippen LogP contribution is 2.65. The van der Waals surface area contributed by atoms with E-state index in [9.17, 15) is 22.8 Å². The molecule has 2 N–H and O–H groups in total. The van der Waals surface area contributed by atoms with Gasteiger partial charge in [-0.05, 0) is 73.7 Å². The molecule has 1 heterocycles. The van der Waals surface area contributed by atoms with E-state index in [1.54, 1.807) is 19.9 Å². The fraction of sp³-hybridized carbons (Fsp3) is 0.840. The highest BCUT2D eigenvalue weighted by Gasteiger charge is 2.61. The van der Waals surface area contributed by atoms with Gasteiger partial charge in [-0.3, -0.25) is 9.59 Å². The van der Waals surface area contributed by atoms with Crippen LogP contribution in [-0.4, -0.2) is 30.1 Å². The monoisotopic (exact) mass is 454 g/mol. The molecule has 0 saturated heterocycles. The standard InChI is InChI=1S/C25H37F3N2O2/c1-14(2)19(13-25(26,27)28)29-22(32)18-7-6-16-15-5-8-20-24(4,12-10-21(31)30-20)17(15)9-11-23(16,18)3/h10,12,14-20H,5-9,11,13H2,1-4H3,(H,29,32)(H,30,31)/t15-,16-,17+,18?,19?,20?,23-,24+/m0/s1. The number of carbonyl (C=O) groups is 2. The summed E-state index contributed by atoms with van der Waals surface area (Å²) >= 11 is 0. The number of alkyl halides is 3. The van der Waals surface area contributed by atoms with Crippen LogP contribution in [0.1, 0.15) is 72.6 Å². The molecule has 0 aromatic rings. The van der Waals surface area contributed by atoms with Gasteiger partial charge in [-0.15, -0.1) is 0 Å². The number of hydrogen-bond donors (Lipinski definition) is 2. The molecule has 4 rings (SSSR count). The summed E-state index contributed by atoms with van der Waals surface area (Å²) in [6.07, 6.45) is 4.10. The zero-order chi connectivity index (χ0) is 23.5. The van der Waals surface area contributed by atoms with Crippen molar-refractivity contribution in [2.24, 2.45) is 40.4 Å². The van der Waals surface area contributed by atoms with E-state index in [4.69, 9.17) is 0 Å². The van der Waals surface area contributed by atoms with Gasteiger partial charge in [0.2, 0.25) is 11.8 Å². The molecule has 0 aromatic heterocycles. The summed E-state index contributed by atoms with van der Waals surface area (Å²) in [7, 11) is 0. The van der Waals surface area contributed by atoms with Gasteiger partial charge in [-0.2, -0.15) is 13.2 Å². The van der Waals surface area contributed by atoms with Crippen molar-refractivity contribution in [3.8, 4) is 0 Å². The SMILES string of the molecule is CC(C)C(CC(F)(F)F)NC(=O)C1CC[C@H]2[C@@H]3CCC4NC(=O)C=C[C@]4(C)[C@@H]3CC[C@]12C. The molecule has 32 heavy (non-hydrogen) atoms. The smallest absolute Gasteiger partial charge is 0.353 e. The largest absolute Gasteiger partial charge is 0.391 e. The summed E-state index contributed by atoms with van der Waals surface area (Å²) in [5.74, 6) is 0.653. The topological polar surface area (TPSA) is 58.2 Å². The first-order chi connectivity index (χ1) is 14.8. The van der Waals surface area contributed by atoms with E-state index < -0.39 is 18.6 Å². The zero-order valence-corrected chi connectivity index (χ0v) is 19.6. The van der Waals surface area contributed by atoms with Gasteiger partial charge in [-0.1, -0.05) is 33.8 Å². The predicted octanol–water partition coefficient (Wildman–Crippen LogP) is 4.99. The molecule has 4 aliphatic rings. The average Bonchev–Trinajstić information content (AvgIpc) is 3.04. The minimum atomic E-state index is -4.29. The van der Waals surface area contributed by atoms with E-state index in [0.717, 1.165) is 38.5 Å². The Bertz CT molecular complexity index is 795. The van der Waals surface area contributed by atoms with Crippen molar-refractivity contribution in [2.75, 3.05) is 0 Å². The first kappa shape index (κ1) is 23.6. The van der Waals surface area contributed by atoms with E-state index in [1.807, 2.05) is 0 Å².